The van der Waals surface area contributed by atoms with Crippen molar-refractivity contribution in [3.63, 3.8) is 0 Å². The third-order valence-corrected chi connectivity index (χ3v) is 3.54. The number of morpholine rings is 1. The largest absolute Gasteiger partial charge is 0.481 e. The van der Waals surface area contributed by atoms with Crippen molar-refractivity contribution in [2.24, 2.45) is 0 Å². The lowest BCUT2D eigenvalue weighted by Crippen LogP contribution is -2.49. The molecule has 0 radical (unpaired) electrons. The van der Waals surface area contributed by atoms with Gasteiger partial charge in [-0.1, -0.05) is 0 Å². The Morgan fingerprint density at radius 2 is 2.28 bits per heavy atom. The lowest BCUT2D eigenvalue weighted by molar-refractivity contribution is -0.142. The van der Waals surface area contributed by atoms with Gasteiger partial charge in [-0.25, -0.2) is 0 Å². The fraction of sp³-hybridized carbons (Fsp3) is 0.923. The van der Waals surface area contributed by atoms with E-state index in [-0.39, 0.29) is 18.1 Å². The molecule has 2 unspecified atom stereocenters. The topological polar surface area (TPSA) is 59.0 Å². The number of hydrogen-bond donors (Lipinski definition) is 1. The van der Waals surface area contributed by atoms with Gasteiger partial charge < -0.3 is 14.6 Å². The molecule has 1 aliphatic heterocycles. The highest BCUT2D eigenvalue weighted by Crippen LogP contribution is 2.21. The van der Waals surface area contributed by atoms with Gasteiger partial charge in [-0.05, 0) is 27.2 Å². The Hall–Kier alpha value is -0.650. The maximum Gasteiger partial charge on any atom is 0.306 e. The first-order valence-electron chi connectivity index (χ1n) is 6.46. The number of aliphatic carboxylic acids is 1. The summed E-state index contributed by atoms with van der Waals surface area (Å²) in [5.74, 6) is -0.799. The van der Waals surface area contributed by atoms with E-state index in [2.05, 4.69) is 25.7 Å². The van der Waals surface area contributed by atoms with Crippen molar-refractivity contribution in [3.05, 3.63) is 0 Å². The van der Waals surface area contributed by atoms with Crippen molar-refractivity contribution >= 4 is 5.97 Å². The smallest absolute Gasteiger partial charge is 0.306 e. The Balaban J connectivity index is 2.47. The molecule has 0 saturated carbocycles. The van der Waals surface area contributed by atoms with Crippen LogP contribution in [0.5, 0.6) is 0 Å². The molecule has 18 heavy (non-hydrogen) atoms. The van der Waals surface area contributed by atoms with Crippen LogP contribution in [0.4, 0.5) is 0 Å². The average molecular weight is 259 g/mol. The van der Waals surface area contributed by atoms with Crippen LogP contribution in [0.15, 0.2) is 0 Å². The lowest BCUT2D eigenvalue weighted by Gasteiger charge is -2.39. The second-order valence-corrected chi connectivity index (χ2v) is 5.60. The highest BCUT2D eigenvalue weighted by atomic mass is 16.5. The predicted molar refractivity (Wildman–Crippen MR) is 68.7 cm³/mol. The van der Waals surface area contributed by atoms with Crippen LogP contribution in [-0.2, 0) is 14.3 Å². The summed E-state index contributed by atoms with van der Waals surface area (Å²) >= 11 is 0. The van der Waals surface area contributed by atoms with Crippen molar-refractivity contribution < 1.29 is 19.4 Å². The summed E-state index contributed by atoms with van der Waals surface area (Å²) in [6.07, 6.45) is 0.810. The van der Waals surface area contributed by atoms with Crippen LogP contribution >= 0.6 is 0 Å². The van der Waals surface area contributed by atoms with E-state index >= 15 is 0 Å². The third kappa shape index (κ3) is 4.92. The first-order valence-corrected chi connectivity index (χ1v) is 6.46. The van der Waals surface area contributed by atoms with E-state index in [0.717, 1.165) is 13.0 Å². The summed E-state index contributed by atoms with van der Waals surface area (Å²) in [5.41, 5.74) is -0.153. The normalized spacial score (nSPS) is 23.9. The molecule has 1 fully saturated rings. The maximum atomic E-state index is 10.7. The molecule has 1 heterocycles. The first-order chi connectivity index (χ1) is 8.34. The van der Waals surface area contributed by atoms with E-state index in [4.69, 9.17) is 14.6 Å². The number of hydrogen-bond acceptors (Lipinski definition) is 4. The monoisotopic (exact) mass is 259 g/mol. The summed E-state index contributed by atoms with van der Waals surface area (Å²) in [5, 5.41) is 8.80. The minimum absolute atomic E-state index is 0.0802. The van der Waals surface area contributed by atoms with Crippen LogP contribution in [0, 0.1) is 0 Å². The van der Waals surface area contributed by atoms with Crippen molar-refractivity contribution in [2.75, 3.05) is 26.8 Å². The highest BCUT2D eigenvalue weighted by molar-refractivity contribution is 5.67. The number of nitrogens with zero attached hydrogens (tertiary/aromatic N) is 1. The zero-order chi connectivity index (χ0) is 13.8. The molecule has 2 atom stereocenters. The number of rotatable bonds is 6. The Morgan fingerprint density at radius 3 is 2.83 bits per heavy atom. The Labute approximate surface area is 109 Å². The number of carboxylic acid groups (broad SMARTS) is 1. The number of ether oxygens (including phenoxy) is 2. The van der Waals surface area contributed by atoms with E-state index in [0.29, 0.717) is 19.2 Å². The summed E-state index contributed by atoms with van der Waals surface area (Å²) in [6, 6.07) is 0.361. The molecule has 1 N–H and O–H groups in total. The van der Waals surface area contributed by atoms with Crippen molar-refractivity contribution in [2.45, 2.75) is 51.4 Å². The van der Waals surface area contributed by atoms with Crippen molar-refractivity contribution in [3.8, 4) is 0 Å². The Bertz CT molecular complexity index is 280. The molecule has 0 aromatic rings. The Kier molecular flexibility index (Phi) is 5.56. The van der Waals surface area contributed by atoms with Crippen LogP contribution in [0.2, 0.25) is 0 Å². The zero-order valence-corrected chi connectivity index (χ0v) is 11.8. The number of carbonyl (C=O) groups is 1. The number of methoxy groups -OCH3 is 1. The van der Waals surface area contributed by atoms with E-state index in [1.54, 1.807) is 7.11 Å². The van der Waals surface area contributed by atoms with Gasteiger partial charge in [0.25, 0.3) is 0 Å². The second-order valence-electron chi connectivity index (χ2n) is 5.60. The van der Waals surface area contributed by atoms with Gasteiger partial charge in [0, 0.05) is 26.2 Å². The SMILES string of the molecule is COC(C)(C)CC(C)N1CCOC(CC(=O)O)C1. The van der Waals surface area contributed by atoms with Crippen LogP contribution < -0.4 is 0 Å². The van der Waals surface area contributed by atoms with Gasteiger partial charge in [0.15, 0.2) is 0 Å². The van der Waals surface area contributed by atoms with Gasteiger partial charge in [-0.3, -0.25) is 9.69 Å². The van der Waals surface area contributed by atoms with E-state index in [9.17, 15) is 4.79 Å². The Morgan fingerprint density at radius 1 is 1.61 bits per heavy atom. The predicted octanol–water partition coefficient (Wildman–Crippen LogP) is 1.37. The second kappa shape index (κ2) is 6.50. The van der Waals surface area contributed by atoms with E-state index in [1.165, 1.54) is 0 Å². The molecule has 5 nitrogen and oxygen atoms in total. The highest BCUT2D eigenvalue weighted by Gasteiger charge is 2.29. The van der Waals surface area contributed by atoms with Crippen LogP contribution in [0.25, 0.3) is 0 Å². The molecule has 106 valence electrons. The van der Waals surface area contributed by atoms with Crippen LogP contribution in [0.1, 0.15) is 33.6 Å². The number of carboxylic acids is 1. The minimum atomic E-state index is -0.799. The summed E-state index contributed by atoms with van der Waals surface area (Å²) in [6.45, 7) is 8.45. The quantitative estimate of drug-likeness (QED) is 0.780. The molecule has 0 amide bonds. The molecule has 0 aromatic heterocycles. The van der Waals surface area contributed by atoms with Gasteiger partial charge in [0.2, 0.25) is 0 Å². The van der Waals surface area contributed by atoms with Gasteiger partial charge >= 0.3 is 5.97 Å². The summed E-state index contributed by atoms with van der Waals surface area (Å²) in [4.78, 5) is 13.0. The minimum Gasteiger partial charge on any atom is -0.481 e. The fourth-order valence-corrected chi connectivity index (χ4v) is 2.38. The molecule has 0 spiro atoms. The molecule has 1 aliphatic rings. The maximum absolute atomic E-state index is 10.7. The molecule has 1 rings (SSSR count). The van der Waals surface area contributed by atoms with E-state index in [1.807, 2.05) is 0 Å². The van der Waals surface area contributed by atoms with Crippen LogP contribution in [-0.4, -0.2) is 60.5 Å². The van der Waals surface area contributed by atoms with Crippen molar-refractivity contribution in [1.82, 2.24) is 4.90 Å². The van der Waals surface area contributed by atoms with E-state index < -0.39 is 5.97 Å². The molecular weight excluding hydrogens is 234 g/mol. The fourth-order valence-electron chi connectivity index (χ4n) is 2.38. The standard InChI is InChI=1S/C13H25NO4/c1-10(8-13(2,3)17-4)14-5-6-18-11(9-14)7-12(15)16/h10-11H,5-9H2,1-4H3,(H,15,16). The van der Waals surface area contributed by atoms with Gasteiger partial charge in [-0.15, -0.1) is 0 Å². The average Bonchev–Trinajstić information content (AvgIpc) is 2.28. The first kappa shape index (κ1) is 15.4. The molecule has 0 aliphatic carbocycles. The van der Waals surface area contributed by atoms with Gasteiger partial charge in [0.1, 0.15) is 0 Å². The molecule has 5 heteroatoms. The van der Waals surface area contributed by atoms with Gasteiger partial charge in [-0.2, -0.15) is 0 Å². The molecular formula is C13H25NO4. The van der Waals surface area contributed by atoms with Gasteiger partial charge in [0.05, 0.1) is 24.7 Å². The summed E-state index contributed by atoms with van der Waals surface area (Å²) < 4.78 is 10.9. The third-order valence-electron chi connectivity index (χ3n) is 3.54. The lowest BCUT2D eigenvalue weighted by atomic mass is 9.98. The summed E-state index contributed by atoms with van der Waals surface area (Å²) in [7, 11) is 1.72. The zero-order valence-electron chi connectivity index (χ0n) is 11.8. The molecule has 0 bridgehead atoms. The molecule has 1 saturated heterocycles. The van der Waals surface area contributed by atoms with Crippen LogP contribution in [0.3, 0.4) is 0 Å². The van der Waals surface area contributed by atoms with Crippen molar-refractivity contribution in [1.29, 1.82) is 0 Å². The molecule has 0 aromatic carbocycles.